The van der Waals surface area contributed by atoms with Crippen LogP contribution in [0.15, 0.2) is 42.5 Å². The Hall–Kier alpha value is -2.04. The molecule has 0 bridgehead atoms. The maximum Gasteiger partial charge on any atom is 0.263 e. The molecule has 0 saturated carbocycles. The van der Waals surface area contributed by atoms with E-state index in [-0.39, 0.29) is 11.7 Å². The summed E-state index contributed by atoms with van der Waals surface area (Å²) in [4.78, 5) is 8.57. The molecule has 0 spiro atoms. The van der Waals surface area contributed by atoms with Gasteiger partial charge in [-0.2, -0.15) is 0 Å². The number of ether oxygens (including phenoxy) is 1. The number of nitrogens with zero attached hydrogens (tertiary/aromatic N) is 2. The summed E-state index contributed by atoms with van der Waals surface area (Å²) in [7, 11) is 0. The van der Waals surface area contributed by atoms with Gasteiger partial charge in [0.25, 0.3) is 5.88 Å². The van der Waals surface area contributed by atoms with Gasteiger partial charge >= 0.3 is 0 Å². The smallest absolute Gasteiger partial charge is 0.263 e. The first-order valence-electron chi connectivity index (χ1n) is 5.78. The minimum Gasteiger partial charge on any atom is -0.434 e. The number of hydrogen-bond acceptors (Lipinski definition) is 4. The molecule has 2 N–H and O–H groups in total. The Morgan fingerprint density at radius 2 is 1.65 bits per heavy atom. The predicted molar refractivity (Wildman–Crippen MR) is 80.5 cm³/mol. The van der Waals surface area contributed by atoms with Crippen LogP contribution in [0.1, 0.15) is 0 Å². The number of anilines is 1. The van der Waals surface area contributed by atoms with E-state index < -0.39 is 0 Å². The van der Waals surface area contributed by atoms with Crippen molar-refractivity contribution < 1.29 is 4.74 Å². The van der Waals surface area contributed by atoms with Crippen molar-refractivity contribution in [3.63, 3.8) is 0 Å². The summed E-state index contributed by atoms with van der Waals surface area (Å²) >= 11 is 12.0. The standard InChI is InChI=1S/C14H9Cl2N3O/c15-8-5-6-9(16)12(7-8)20-14-13(17)18-10-3-1-2-4-11(10)19-14/h1-7H,(H2,17,18). The lowest BCUT2D eigenvalue weighted by molar-refractivity contribution is 0.466. The van der Waals surface area contributed by atoms with E-state index in [0.717, 1.165) is 0 Å². The summed E-state index contributed by atoms with van der Waals surface area (Å²) in [5.74, 6) is 0.781. The zero-order valence-electron chi connectivity index (χ0n) is 10.2. The van der Waals surface area contributed by atoms with Crippen LogP contribution >= 0.6 is 23.2 Å². The first kappa shape index (κ1) is 13.0. The molecule has 3 aromatic rings. The quantitative estimate of drug-likeness (QED) is 0.766. The second kappa shape index (κ2) is 5.15. The SMILES string of the molecule is Nc1nc2ccccc2nc1Oc1cc(Cl)ccc1Cl. The summed E-state index contributed by atoms with van der Waals surface area (Å²) in [6.07, 6.45) is 0. The lowest BCUT2D eigenvalue weighted by atomic mass is 10.3. The van der Waals surface area contributed by atoms with E-state index in [4.69, 9.17) is 33.7 Å². The Morgan fingerprint density at radius 3 is 2.40 bits per heavy atom. The number of benzene rings is 2. The maximum absolute atomic E-state index is 6.04. The van der Waals surface area contributed by atoms with E-state index in [2.05, 4.69) is 9.97 Å². The van der Waals surface area contributed by atoms with Gasteiger partial charge in [-0.3, -0.25) is 0 Å². The van der Waals surface area contributed by atoms with Crippen LogP contribution in [0.5, 0.6) is 11.6 Å². The molecule has 0 unspecified atom stereocenters. The summed E-state index contributed by atoms with van der Waals surface area (Å²) in [6.45, 7) is 0. The van der Waals surface area contributed by atoms with E-state index >= 15 is 0 Å². The topological polar surface area (TPSA) is 61.0 Å². The van der Waals surface area contributed by atoms with Crippen molar-refractivity contribution in [3.05, 3.63) is 52.5 Å². The number of fused-ring (bicyclic) bond motifs is 1. The first-order chi connectivity index (χ1) is 9.63. The number of rotatable bonds is 2. The molecule has 0 aliphatic carbocycles. The summed E-state index contributed by atoms with van der Waals surface area (Å²) < 4.78 is 5.61. The van der Waals surface area contributed by atoms with Gasteiger partial charge in [0.05, 0.1) is 16.1 Å². The average molecular weight is 306 g/mol. The molecule has 0 aliphatic rings. The molecule has 0 aliphatic heterocycles. The van der Waals surface area contributed by atoms with E-state index in [1.54, 1.807) is 18.2 Å². The average Bonchev–Trinajstić information content (AvgIpc) is 2.43. The molecule has 100 valence electrons. The summed E-state index contributed by atoms with van der Waals surface area (Å²) in [5.41, 5.74) is 7.24. The van der Waals surface area contributed by atoms with Crippen molar-refractivity contribution in [3.8, 4) is 11.6 Å². The van der Waals surface area contributed by atoms with Crippen LogP contribution in [-0.4, -0.2) is 9.97 Å². The lowest BCUT2D eigenvalue weighted by Gasteiger charge is -2.09. The van der Waals surface area contributed by atoms with Crippen LogP contribution in [0, 0.1) is 0 Å². The van der Waals surface area contributed by atoms with Gasteiger partial charge in [0, 0.05) is 11.1 Å². The van der Waals surface area contributed by atoms with Gasteiger partial charge in [0.2, 0.25) is 0 Å². The van der Waals surface area contributed by atoms with E-state index in [9.17, 15) is 0 Å². The van der Waals surface area contributed by atoms with E-state index in [1.165, 1.54) is 0 Å². The molecule has 0 amide bonds. The molecule has 0 fully saturated rings. The number of hydrogen-bond donors (Lipinski definition) is 1. The second-order valence-electron chi connectivity index (χ2n) is 4.08. The van der Waals surface area contributed by atoms with Gasteiger partial charge in [-0.05, 0) is 24.3 Å². The lowest BCUT2D eigenvalue weighted by Crippen LogP contribution is -1.99. The number of aromatic nitrogens is 2. The van der Waals surface area contributed by atoms with E-state index in [0.29, 0.717) is 26.8 Å². The highest BCUT2D eigenvalue weighted by molar-refractivity contribution is 6.34. The fraction of sp³-hybridized carbons (Fsp3) is 0. The molecule has 6 heteroatoms. The third-order valence-electron chi connectivity index (χ3n) is 2.66. The van der Waals surface area contributed by atoms with Gasteiger partial charge in [-0.25, -0.2) is 9.97 Å². The highest BCUT2D eigenvalue weighted by atomic mass is 35.5. The third kappa shape index (κ3) is 2.48. The van der Waals surface area contributed by atoms with Gasteiger partial charge in [0.15, 0.2) is 5.82 Å². The third-order valence-corrected chi connectivity index (χ3v) is 3.21. The minimum atomic E-state index is 0.194. The molecule has 1 heterocycles. The fourth-order valence-electron chi connectivity index (χ4n) is 1.73. The van der Waals surface area contributed by atoms with Crippen molar-refractivity contribution >= 4 is 40.1 Å². The molecule has 20 heavy (non-hydrogen) atoms. The molecule has 0 atom stereocenters. The fourth-order valence-corrected chi connectivity index (χ4v) is 2.05. The maximum atomic E-state index is 6.04. The molecular formula is C14H9Cl2N3O. The molecule has 0 radical (unpaired) electrons. The zero-order valence-corrected chi connectivity index (χ0v) is 11.7. The van der Waals surface area contributed by atoms with Crippen molar-refractivity contribution in [1.82, 2.24) is 9.97 Å². The van der Waals surface area contributed by atoms with Crippen LogP contribution in [-0.2, 0) is 0 Å². The summed E-state index contributed by atoms with van der Waals surface area (Å²) in [6, 6.07) is 12.3. The van der Waals surface area contributed by atoms with Crippen LogP contribution in [0.3, 0.4) is 0 Å². The Labute approximate surface area is 125 Å². The van der Waals surface area contributed by atoms with Crippen LogP contribution in [0.2, 0.25) is 10.0 Å². The van der Waals surface area contributed by atoms with Crippen LogP contribution in [0.25, 0.3) is 11.0 Å². The molecular weight excluding hydrogens is 297 g/mol. The Morgan fingerprint density at radius 1 is 0.950 bits per heavy atom. The van der Waals surface area contributed by atoms with Gasteiger partial charge in [0.1, 0.15) is 5.75 Å². The molecule has 3 rings (SSSR count). The van der Waals surface area contributed by atoms with Crippen LogP contribution < -0.4 is 10.5 Å². The van der Waals surface area contributed by atoms with Crippen molar-refractivity contribution in [2.24, 2.45) is 0 Å². The number of halogens is 2. The van der Waals surface area contributed by atoms with E-state index in [1.807, 2.05) is 24.3 Å². The Balaban J connectivity index is 2.06. The summed E-state index contributed by atoms with van der Waals surface area (Å²) in [5, 5.41) is 0.931. The predicted octanol–water partition coefficient (Wildman–Crippen LogP) is 4.31. The largest absolute Gasteiger partial charge is 0.434 e. The molecule has 4 nitrogen and oxygen atoms in total. The van der Waals surface area contributed by atoms with Crippen molar-refractivity contribution in [2.75, 3.05) is 5.73 Å². The number of para-hydroxylation sites is 2. The molecule has 2 aromatic carbocycles. The van der Waals surface area contributed by atoms with Crippen LogP contribution in [0.4, 0.5) is 5.82 Å². The van der Waals surface area contributed by atoms with Crippen molar-refractivity contribution in [1.29, 1.82) is 0 Å². The second-order valence-corrected chi connectivity index (χ2v) is 4.92. The zero-order chi connectivity index (χ0) is 14.1. The Kier molecular flexibility index (Phi) is 3.34. The Bertz CT molecular complexity index is 792. The highest BCUT2D eigenvalue weighted by Gasteiger charge is 2.10. The van der Waals surface area contributed by atoms with Gasteiger partial charge in [-0.1, -0.05) is 35.3 Å². The monoisotopic (exact) mass is 305 g/mol. The minimum absolute atomic E-state index is 0.194. The van der Waals surface area contributed by atoms with Crippen molar-refractivity contribution in [2.45, 2.75) is 0 Å². The molecule has 1 aromatic heterocycles. The number of nitrogens with two attached hydrogens (primary N) is 1. The molecule has 0 saturated heterocycles. The highest BCUT2D eigenvalue weighted by Crippen LogP contribution is 2.33. The first-order valence-corrected chi connectivity index (χ1v) is 6.54. The normalized spacial score (nSPS) is 10.7. The van der Waals surface area contributed by atoms with Gasteiger partial charge < -0.3 is 10.5 Å². The number of nitrogen functional groups attached to an aromatic ring is 1. The van der Waals surface area contributed by atoms with Gasteiger partial charge in [-0.15, -0.1) is 0 Å².